The summed E-state index contributed by atoms with van der Waals surface area (Å²) in [5.41, 5.74) is -0.518. The number of carbonyl (C=O) groups excluding carboxylic acids is 3. The molecule has 1 atom stereocenters. The molecule has 0 unspecified atom stereocenters. The Morgan fingerprint density at radius 2 is 1.77 bits per heavy atom. The van der Waals surface area contributed by atoms with E-state index in [0.717, 1.165) is 24.8 Å². The van der Waals surface area contributed by atoms with Crippen molar-refractivity contribution in [1.29, 1.82) is 0 Å². The van der Waals surface area contributed by atoms with Crippen LogP contribution in [0.4, 0.5) is 4.79 Å². The summed E-state index contributed by atoms with van der Waals surface area (Å²) >= 11 is 0. The van der Waals surface area contributed by atoms with Crippen LogP contribution in [-0.4, -0.2) is 46.5 Å². The van der Waals surface area contributed by atoms with E-state index in [9.17, 15) is 14.4 Å². The molecule has 0 aromatic heterocycles. The minimum atomic E-state index is -0.909. The van der Waals surface area contributed by atoms with Crippen molar-refractivity contribution in [2.45, 2.75) is 83.0 Å². The molecule has 30 heavy (non-hydrogen) atoms. The van der Waals surface area contributed by atoms with Crippen LogP contribution in [-0.2, 0) is 20.9 Å². The van der Waals surface area contributed by atoms with Crippen LogP contribution in [0.25, 0.3) is 0 Å². The first-order valence-electron chi connectivity index (χ1n) is 10.8. The molecule has 1 heterocycles. The molecule has 7 nitrogen and oxygen atoms in total. The number of carbonyl (C=O) groups is 3. The Bertz CT molecular complexity index is 766. The van der Waals surface area contributed by atoms with E-state index in [1.807, 2.05) is 30.3 Å². The van der Waals surface area contributed by atoms with Crippen molar-refractivity contribution in [3.63, 3.8) is 0 Å². The summed E-state index contributed by atoms with van der Waals surface area (Å²) in [7, 11) is 0. The van der Waals surface area contributed by atoms with Crippen LogP contribution in [0.15, 0.2) is 30.3 Å². The molecule has 7 heteroatoms. The Morgan fingerprint density at radius 3 is 2.40 bits per heavy atom. The van der Waals surface area contributed by atoms with Gasteiger partial charge in [-0.2, -0.15) is 0 Å². The monoisotopic (exact) mass is 415 g/mol. The third-order valence-corrected chi connectivity index (χ3v) is 5.73. The van der Waals surface area contributed by atoms with Crippen LogP contribution >= 0.6 is 0 Å². The zero-order chi connectivity index (χ0) is 21.8. The summed E-state index contributed by atoms with van der Waals surface area (Å²) in [6, 6.07) is 9.11. The van der Waals surface area contributed by atoms with Crippen molar-refractivity contribution in [2.75, 3.05) is 6.54 Å². The van der Waals surface area contributed by atoms with Crippen molar-refractivity contribution in [2.24, 2.45) is 0 Å². The fourth-order valence-electron chi connectivity index (χ4n) is 4.23. The standard InChI is InChI=1S/C23H33N3O4/c1-22(2,3)30-21(29)26-15-9-12-18(26)19(27)25-23(13-7-8-14-23)20(28)24-16-17-10-5-4-6-11-17/h4-6,10-11,18H,7-9,12-16H2,1-3H3,(H,24,28)(H,25,27)/t18-/m0/s1. The molecule has 2 aliphatic rings. The molecule has 0 radical (unpaired) electrons. The largest absolute Gasteiger partial charge is 0.444 e. The van der Waals surface area contributed by atoms with Gasteiger partial charge in [0.25, 0.3) is 0 Å². The van der Waals surface area contributed by atoms with Crippen molar-refractivity contribution >= 4 is 17.9 Å². The maximum atomic E-state index is 13.1. The van der Waals surface area contributed by atoms with Crippen molar-refractivity contribution in [3.8, 4) is 0 Å². The van der Waals surface area contributed by atoms with Gasteiger partial charge in [0.15, 0.2) is 0 Å². The summed E-state index contributed by atoms with van der Waals surface area (Å²) in [6.07, 6.45) is 3.84. The second kappa shape index (κ2) is 9.06. The lowest BCUT2D eigenvalue weighted by atomic mass is 9.95. The number of amides is 3. The van der Waals surface area contributed by atoms with Crippen LogP contribution in [0, 0.1) is 0 Å². The summed E-state index contributed by atoms with van der Waals surface area (Å²) in [5.74, 6) is -0.422. The van der Waals surface area contributed by atoms with E-state index in [0.29, 0.717) is 32.4 Å². The molecule has 2 fully saturated rings. The number of likely N-dealkylation sites (tertiary alicyclic amines) is 1. The molecule has 0 spiro atoms. The maximum absolute atomic E-state index is 13.1. The number of hydrogen-bond donors (Lipinski definition) is 2. The molecular weight excluding hydrogens is 382 g/mol. The topological polar surface area (TPSA) is 87.7 Å². The lowest BCUT2D eigenvalue weighted by molar-refractivity contribution is -0.135. The number of nitrogens with zero attached hydrogens (tertiary/aromatic N) is 1. The molecule has 1 aromatic carbocycles. The van der Waals surface area contributed by atoms with Crippen LogP contribution in [0.3, 0.4) is 0 Å². The quantitative estimate of drug-likeness (QED) is 0.773. The number of benzene rings is 1. The molecule has 3 amide bonds. The highest BCUT2D eigenvalue weighted by Crippen LogP contribution is 2.31. The first-order valence-corrected chi connectivity index (χ1v) is 10.8. The molecule has 1 aliphatic carbocycles. The van der Waals surface area contributed by atoms with Gasteiger partial charge in [-0.3, -0.25) is 14.5 Å². The van der Waals surface area contributed by atoms with E-state index >= 15 is 0 Å². The molecule has 3 rings (SSSR count). The molecule has 1 aromatic rings. The summed E-state index contributed by atoms with van der Waals surface area (Å²) in [4.78, 5) is 40.2. The van der Waals surface area contributed by atoms with Crippen molar-refractivity contribution in [3.05, 3.63) is 35.9 Å². The minimum Gasteiger partial charge on any atom is -0.444 e. The predicted octanol–water partition coefficient (Wildman–Crippen LogP) is 3.13. The average Bonchev–Trinajstić information content (AvgIpc) is 3.36. The molecule has 1 aliphatic heterocycles. The zero-order valence-corrected chi connectivity index (χ0v) is 18.2. The Kier molecular flexibility index (Phi) is 6.68. The summed E-state index contributed by atoms with van der Waals surface area (Å²) < 4.78 is 5.46. The smallest absolute Gasteiger partial charge is 0.410 e. The first-order chi connectivity index (χ1) is 14.2. The van der Waals surface area contributed by atoms with Gasteiger partial charge < -0.3 is 15.4 Å². The number of rotatable bonds is 5. The third kappa shape index (κ3) is 5.32. The fraction of sp³-hybridized carbons (Fsp3) is 0.609. The second-order valence-electron chi connectivity index (χ2n) is 9.28. The maximum Gasteiger partial charge on any atom is 0.410 e. The van der Waals surface area contributed by atoms with E-state index in [2.05, 4.69) is 10.6 Å². The van der Waals surface area contributed by atoms with E-state index in [1.165, 1.54) is 4.90 Å². The molecule has 1 saturated carbocycles. The zero-order valence-electron chi connectivity index (χ0n) is 18.2. The highest BCUT2D eigenvalue weighted by atomic mass is 16.6. The SMILES string of the molecule is CC(C)(C)OC(=O)N1CCC[C@H]1C(=O)NC1(C(=O)NCc2ccccc2)CCCC1. The fourth-order valence-corrected chi connectivity index (χ4v) is 4.23. The van der Waals surface area contributed by atoms with Crippen LogP contribution < -0.4 is 10.6 Å². The summed E-state index contributed by atoms with van der Waals surface area (Å²) in [6.45, 7) is 6.33. The van der Waals surface area contributed by atoms with E-state index in [4.69, 9.17) is 4.74 Å². The van der Waals surface area contributed by atoms with Gasteiger partial charge in [0, 0.05) is 13.1 Å². The number of nitrogens with one attached hydrogen (secondary N) is 2. The highest BCUT2D eigenvalue weighted by molar-refractivity contribution is 5.94. The lowest BCUT2D eigenvalue weighted by Crippen LogP contribution is -2.60. The van der Waals surface area contributed by atoms with Gasteiger partial charge in [0.05, 0.1) is 0 Å². The minimum absolute atomic E-state index is 0.154. The Hall–Kier alpha value is -2.57. The first kappa shape index (κ1) is 22.1. The van der Waals surface area contributed by atoms with Gasteiger partial charge in [0.2, 0.25) is 11.8 Å². The normalized spacial score (nSPS) is 20.6. The molecular formula is C23H33N3O4. The highest BCUT2D eigenvalue weighted by Gasteiger charge is 2.45. The van der Waals surface area contributed by atoms with Gasteiger partial charge >= 0.3 is 6.09 Å². The molecule has 0 bridgehead atoms. The molecule has 2 N–H and O–H groups in total. The Morgan fingerprint density at radius 1 is 1.10 bits per heavy atom. The average molecular weight is 416 g/mol. The van der Waals surface area contributed by atoms with E-state index in [-0.39, 0.29) is 11.8 Å². The molecule has 164 valence electrons. The number of hydrogen-bond acceptors (Lipinski definition) is 4. The van der Waals surface area contributed by atoms with Gasteiger partial charge in [-0.25, -0.2) is 4.79 Å². The van der Waals surface area contributed by atoms with Gasteiger partial charge in [0.1, 0.15) is 17.2 Å². The summed E-state index contributed by atoms with van der Waals surface area (Å²) in [5, 5.41) is 6.00. The van der Waals surface area contributed by atoms with E-state index in [1.54, 1.807) is 20.8 Å². The lowest BCUT2D eigenvalue weighted by Gasteiger charge is -2.33. The van der Waals surface area contributed by atoms with Crippen molar-refractivity contribution < 1.29 is 19.1 Å². The van der Waals surface area contributed by atoms with Gasteiger partial charge in [-0.15, -0.1) is 0 Å². The van der Waals surface area contributed by atoms with E-state index < -0.39 is 23.3 Å². The number of ether oxygens (including phenoxy) is 1. The van der Waals surface area contributed by atoms with Crippen LogP contribution in [0.5, 0.6) is 0 Å². The Labute approximate surface area is 178 Å². The van der Waals surface area contributed by atoms with Crippen molar-refractivity contribution in [1.82, 2.24) is 15.5 Å². The van der Waals surface area contributed by atoms with Crippen LogP contribution in [0.2, 0.25) is 0 Å². The van der Waals surface area contributed by atoms with Gasteiger partial charge in [-0.05, 0) is 52.0 Å². The third-order valence-electron chi connectivity index (χ3n) is 5.73. The second-order valence-corrected chi connectivity index (χ2v) is 9.28. The van der Waals surface area contributed by atoms with Gasteiger partial charge in [-0.1, -0.05) is 43.2 Å². The Balaban J connectivity index is 1.65. The predicted molar refractivity (Wildman–Crippen MR) is 114 cm³/mol. The molecule has 1 saturated heterocycles. The van der Waals surface area contributed by atoms with Crippen LogP contribution in [0.1, 0.15) is 64.9 Å².